The molecule has 82 valence electrons. The lowest BCUT2D eigenvalue weighted by molar-refractivity contribution is 0.0966. The van der Waals surface area contributed by atoms with Gasteiger partial charge in [0.2, 0.25) is 0 Å². The van der Waals surface area contributed by atoms with E-state index in [1.165, 1.54) is 23.4 Å². The zero-order valence-corrected chi connectivity index (χ0v) is 8.45. The van der Waals surface area contributed by atoms with Crippen molar-refractivity contribution in [2.24, 2.45) is 5.73 Å². The van der Waals surface area contributed by atoms with Crippen LogP contribution in [0.5, 0.6) is 0 Å². The number of ketones is 1. The van der Waals surface area contributed by atoms with Gasteiger partial charge in [-0.3, -0.25) is 4.79 Å². The number of hydrogen-bond acceptors (Lipinski definition) is 6. The van der Waals surface area contributed by atoms with E-state index in [2.05, 4.69) is 20.3 Å². The zero-order chi connectivity index (χ0) is 11.4. The van der Waals surface area contributed by atoms with Crippen LogP contribution in [-0.2, 0) is 13.1 Å². The molecule has 2 rings (SSSR count). The van der Waals surface area contributed by atoms with E-state index in [0.717, 1.165) is 0 Å². The maximum atomic E-state index is 11.7. The molecule has 2 N–H and O–H groups in total. The minimum atomic E-state index is -0.117. The number of hydrogen-bond donors (Lipinski definition) is 1. The normalized spacial score (nSPS) is 10.3. The summed E-state index contributed by atoms with van der Waals surface area (Å²) in [7, 11) is 0. The lowest BCUT2D eigenvalue weighted by Gasteiger charge is -1.98. The molecule has 0 spiro atoms. The highest BCUT2D eigenvalue weighted by Crippen LogP contribution is 1.99. The fourth-order valence-corrected chi connectivity index (χ4v) is 1.19. The highest BCUT2D eigenvalue weighted by molar-refractivity contribution is 5.95. The first kappa shape index (κ1) is 10.4. The molecule has 0 aromatic carbocycles. The van der Waals surface area contributed by atoms with Gasteiger partial charge >= 0.3 is 0 Å². The summed E-state index contributed by atoms with van der Waals surface area (Å²) in [6, 6.07) is 0. The van der Waals surface area contributed by atoms with Gasteiger partial charge < -0.3 is 5.73 Å². The fourth-order valence-electron chi connectivity index (χ4n) is 1.19. The summed E-state index contributed by atoms with van der Waals surface area (Å²) >= 11 is 0. The maximum absolute atomic E-state index is 11.7. The first-order valence-electron chi connectivity index (χ1n) is 4.67. The second kappa shape index (κ2) is 4.58. The zero-order valence-electron chi connectivity index (χ0n) is 8.45. The Balaban J connectivity index is 2.08. The van der Waals surface area contributed by atoms with Crippen molar-refractivity contribution in [2.45, 2.75) is 13.1 Å². The molecule has 2 aromatic rings. The van der Waals surface area contributed by atoms with Crippen LogP contribution in [0.4, 0.5) is 0 Å². The molecule has 16 heavy (non-hydrogen) atoms. The molecule has 0 amide bonds. The molecule has 0 fully saturated rings. The van der Waals surface area contributed by atoms with Crippen LogP contribution in [0.1, 0.15) is 16.1 Å². The number of rotatable bonds is 4. The van der Waals surface area contributed by atoms with Gasteiger partial charge in [-0.25, -0.2) is 14.6 Å². The van der Waals surface area contributed by atoms with Gasteiger partial charge in [0, 0.05) is 18.9 Å². The Kier molecular flexibility index (Phi) is 2.97. The lowest BCUT2D eigenvalue weighted by Crippen LogP contribution is -2.11. The molecule has 0 saturated heterocycles. The van der Waals surface area contributed by atoms with Gasteiger partial charge in [-0.15, -0.1) is 5.10 Å². The molecule has 0 aliphatic rings. The molecule has 0 aliphatic heterocycles. The minimum absolute atomic E-state index is 0.111. The van der Waals surface area contributed by atoms with Crippen molar-refractivity contribution in [3.05, 3.63) is 36.2 Å². The van der Waals surface area contributed by atoms with Gasteiger partial charge in [-0.1, -0.05) is 5.21 Å². The van der Waals surface area contributed by atoms with Crippen LogP contribution >= 0.6 is 0 Å². The Labute approximate surface area is 91.3 Å². The van der Waals surface area contributed by atoms with Gasteiger partial charge in [0.05, 0.1) is 17.5 Å². The third kappa shape index (κ3) is 2.26. The number of nitrogens with zero attached hydrogens (tertiary/aromatic N) is 5. The second-order valence-electron chi connectivity index (χ2n) is 3.16. The smallest absolute Gasteiger partial charge is 0.187 e. The van der Waals surface area contributed by atoms with Crippen molar-refractivity contribution in [1.29, 1.82) is 0 Å². The quantitative estimate of drug-likeness (QED) is 0.688. The summed E-state index contributed by atoms with van der Waals surface area (Å²) in [5.74, 6) is -0.117. The molecule has 2 heterocycles. The van der Waals surface area contributed by atoms with Crippen molar-refractivity contribution in [3.8, 4) is 0 Å². The van der Waals surface area contributed by atoms with E-state index in [1.54, 1.807) is 6.20 Å². The average Bonchev–Trinajstić information content (AvgIpc) is 2.78. The highest BCUT2D eigenvalue weighted by Gasteiger charge is 2.08. The van der Waals surface area contributed by atoms with Crippen molar-refractivity contribution < 1.29 is 4.79 Å². The molecular weight excluding hydrogens is 208 g/mol. The van der Waals surface area contributed by atoms with Crippen LogP contribution in [0.25, 0.3) is 0 Å². The SMILES string of the molecule is NCc1cn(CC(=O)c2cncnc2)nn1. The number of nitrogens with two attached hydrogens (primary N) is 1. The number of carbonyl (C=O) groups is 1. The summed E-state index contributed by atoms with van der Waals surface area (Å²) < 4.78 is 1.44. The first-order chi connectivity index (χ1) is 7.79. The fraction of sp³-hybridized carbons (Fsp3) is 0.222. The van der Waals surface area contributed by atoms with Gasteiger partial charge in [-0.05, 0) is 0 Å². The average molecular weight is 218 g/mol. The Morgan fingerprint density at radius 3 is 2.75 bits per heavy atom. The number of carbonyl (C=O) groups excluding carboxylic acids is 1. The van der Waals surface area contributed by atoms with E-state index in [-0.39, 0.29) is 12.3 Å². The van der Waals surface area contributed by atoms with E-state index in [9.17, 15) is 4.79 Å². The van der Waals surface area contributed by atoms with Crippen LogP contribution in [0, 0.1) is 0 Å². The van der Waals surface area contributed by atoms with E-state index in [0.29, 0.717) is 17.8 Å². The maximum Gasteiger partial charge on any atom is 0.187 e. The molecular formula is C9H10N6O. The van der Waals surface area contributed by atoms with Crippen LogP contribution in [0.3, 0.4) is 0 Å². The van der Waals surface area contributed by atoms with Crippen molar-refractivity contribution in [3.63, 3.8) is 0 Å². The van der Waals surface area contributed by atoms with Crippen LogP contribution in [0.15, 0.2) is 24.9 Å². The predicted molar refractivity (Wildman–Crippen MR) is 54.3 cm³/mol. The van der Waals surface area contributed by atoms with Gasteiger partial charge in [-0.2, -0.15) is 0 Å². The summed E-state index contributed by atoms with van der Waals surface area (Å²) in [6.45, 7) is 0.420. The molecule has 7 nitrogen and oxygen atoms in total. The largest absolute Gasteiger partial charge is 0.325 e. The van der Waals surface area contributed by atoms with Crippen molar-refractivity contribution in [2.75, 3.05) is 0 Å². The van der Waals surface area contributed by atoms with Crippen LogP contribution < -0.4 is 5.73 Å². The first-order valence-corrected chi connectivity index (χ1v) is 4.67. The van der Waals surface area contributed by atoms with Crippen LogP contribution in [-0.4, -0.2) is 30.7 Å². The summed E-state index contributed by atoms with van der Waals surface area (Å²) in [6.07, 6.45) is 5.95. The standard InChI is InChI=1S/C9H10N6O/c10-1-8-4-15(14-13-8)5-9(16)7-2-11-6-12-3-7/h2-4,6H,1,5,10H2. The molecule has 0 aliphatic carbocycles. The topological polar surface area (TPSA) is 99.6 Å². The third-order valence-electron chi connectivity index (χ3n) is 1.98. The van der Waals surface area contributed by atoms with Crippen molar-refractivity contribution >= 4 is 5.78 Å². The summed E-state index contributed by atoms with van der Waals surface area (Å²) in [4.78, 5) is 19.3. The summed E-state index contributed by atoms with van der Waals surface area (Å²) in [5.41, 5.74) is 6.49. The molecule has 0 atom stereocenters. The van der Waals surface area contributed by atoms with E-state index in [4.69, 9.17) is 5.73 Å². The molecule has 0 radical (unpaired) electrons. The molecule has 2 aromatic heterocycles. The predicted octanol–water partition coefficient (Wildman–Crippen LogP) is -0.590. The number of aromatic nitrogens is 5. The Morgan fingerprint density at radius 2 is 2.12 bits per heavy atom. The van der Waals surface area contributed by atoms with E-state index >= 15 is 0 Å². The van der Waals surface area contributed by atoms with Gasteiger partial charge in [0.15, 0.2) is 5.78 Å². The lowest BCUT2D eigenvalue weighted by atomic mass is 10.2. The van der Waals surface area contributed by atoms with E-state index in [1.807, 2.05) is 0 Å². The minimum Gasteiger partial charge on any atom is -0.325 e. The molecule has 0 bridgehead atoms. The number of Topliss-reactive ketones (excluding diaryl/α,β-unsaturated/α-hetero) is 1. The Hall–Kier alpha value is -2.15. The molecule has 0 saturated carbocycles. The molecule has 0 unspecified atom stereocenters. The van der Waals surface area contributed by atoms with Gasteiger partial charge in [0.1, 0.15) is 12.9 Å². The van der Waals surface area contributed by atoms with Gasteiger partial charge in [0.25, 0.3) is 0 Å². The Morgan fingerprint density at radius 1 is 1.38 bits per heavy atom. The second-order valence-corrected chi connectivity index (χ2v) is 3.16. The Bertz CT molecular complexity index is 480. The third-order valence-corrected chi connectivity index (χ3v) is 1.98. The van der Waals surface area contributed by atoms with Crippen molar-refractivity contribution in [1.82, 2.24) is 25.0 Å². The monoisotopic (exact) mass is 218 g/mol. The van der Waals surface area contributed by atoms with E-state index < -0.39 is 0 Å². The van der Waals surface area contributed by atoms with Crippen LogP contribution in [0.2, 0.25) is 0 Å². The summed E-state index contributed by atoms with van der Waals surface area (Å²) in [5, 5.41) is 7.56. The molecule has 7 heteroatoms. The highest BCUT2D eigenvalue weighted by atomic mass is 16.1.